The Balaban J connectivity index is 0. The predicted octanol–water partition coefficient (Wildman–Crippen LogP) is 2.08. The third-order valence-corrected chi connectivity index (χ3v) is 2.08. The van der Waals surface area contributed by atoms with Crippen LogP contribution in [0.3, 0.4) is 0 Å². The molecule has 0 unspecified atom stereocenters. The Morgan fingerprint density at radius 2 is 1.89 bits per heavy atom. The van der Waals surface area contributed by atoms with Crippen molar-refractivity contribution < 1.29 is 24.2 Å². The minimum atomic E-state index is -0.284. The summed E-state index contributed by atoms with van der Waals surface area (Å²) in [5.41, 5.74) is 0. The molecule has 0 rings (SSSR count). The SMILES string of the molecule is CC/C=C\C=C\[C@@H](CC[C@@H](C)O)OCOC.O=C=O. The highest BCUT2D eigenvalue weighted by molar-refractivity contribution is 5.20. The molecular weight excluding hydrogens is 248 g/mol. The molecule has 0 aliphatic carbocycles. The summed E-state index contributed by atoms with van der Waals surface area (Å²) in [4.78, 5) is 16.2. The predicted molar refractivity (Wildman–Crippen MR) is 71.2 cm³/mol. The number of allylic oxidation sites excluding steroid dienone is 3. The highest BCUT2D eigenvalue weighted by Crippen LogP contribution is 2.07. The lowest BCUT2D eigenvalue weighted by Gasteiger charge is -2.14. The van der Waals surface area contributed by atoms with Gasteiger partial charge in [0.05, 0.1) is 12.2 Å². The fourth-order valence-corrected chi connectivity index (χ4v) is 1.20. The molecule has 0 aromatic heterocycles. The van der Waals surface area contributed by atoms with Gasteiger partial charge >= 0.3 is 6.15 Å². The summed E-state index contributed by atoms with van der Waals surface area (Å²) in [7, 11) is 1.60. The number of aliphatic hydroxyl groups is 1. The number of aliphatic hydroxyl groups excluding tert-OH is 1. The van der Waals surface area contributed by atoms with E-state index < -0.39 is 0 Å². The van der Waals surface area contributed by atoms with Crippen LogP contribution in [-0.4, -0.2) is 37.4 Å². The minimum absolute atomic E-state index is 0.0102. The van der Waals surface area contributed by atoms with Gasteiger partial charge in [-0.15, -0.1) is 0 Å². The van der Waals surface area contributed by atoms with E-state index in [2.05, 4.69) is 13.0 Å². The van der Waals surface area contributed by atoms with Gasteiger partial charge in [-0.2, -0.15) is 9.59 Å². The largest absolute Gasteiger partial charge is 0.393 e. The molecule has 0 heterocycles. The van der Waals surface area contributed by atoms with Gasteiger partial charge in [-0.25, -0.2) is 0 Å². The van der Waals surface area contributed by atoms with E-state index in [9.17, 15) is 5.11 Å². The Morgan fingerprint density at radius 1 is 1.26 bits per heavy atom. The van der Waals surface area contributed by atoms with Crippen molar-refractivity contribution in [3.63, 3.8) is 0 Å². The van der Waals surface area contributed by atoms with Crippen LogP contribution < -0.4 is 0 Å². The van der Waals surface area contributed by atoms with Crippen molar-refractivity contribution in [2.45, 2.75) is 45.3 Å². The standard InChI is InChI=1S/C13H24O3.CO2/c1-4-5-6-7-8-13(16-11-15-3)10-9-12(2)14;2-1-3/h5-8,12-14H,4,9-11H2,1-3H3;/b6-5-,8-7+;/t12-,13+;/m1./s1. The average molecular weight is 272 g/mol. The van der Waals surface area contributed by atoms with Crippen LogP contribution in [0.5, 0.6) is 0 Å². The normalized spacial score (nSPS) is 13.9. The fourth-order valence-electron chi connectivity index (χ4n) is 1.20. The number of hydrogen-bond donors (Lipinski definition) is 1. The van der Waals surface area contributed by atoms with E-state index in [1.54, 1.807) is 14.0 Å². The topological polar surface area (TPSA) is 72.8 Å². The molecule has 0 amide bonds. The van der Waals surface area contributed by atoms with Gasteiger partial charge in [-0.3, -0.25) is 0 Å². The summed E-state index contributed by atoms with van der Waals surface area (Å²) >= 11 is 0. The Morgan fingerprint density at radius 3 is 2.37 bits per heavy atom. The van der Waals surface area contributed by atoms with Crippen molar-refractivity contribution >= 4 is 6.15 Å². The number of methoxy groups -OCH3 is 1. The molecule has 110 valence electrons. The molecule has 19 heavy (non-hydrogen) atoms. The Hall–Kier alpha value is -1.26. The van der Waals surface area contributed by atoms with Crippen molar-refractivity contribution in [2.75, 3.05) is 13.9 Å². The summed E-state index contributed by atoms with van der Waals surface area (Å²) in [5.74, 6) is 0. The average Bonchev–Trinajstić information content (AvgIpc) is 2.37. The lowest BCUT2D eigenvalue weighted by Crippen LogP contribution is -2.14. The molecule has 0 saturated carbocycles. The van der Waals surface area contributed by atoms with Crippen LogP contribution in [0.15, 0.2) is 24.3 Å². The second-order valence-electron chi connectivity index (χ2n) is 3.84. The van der Waals surface area contributed by atoms with Gasteiger partial charge in [0.25, 0.3) is 0 Å². The molecule has 0 aliphatic rings. The Bertz CT molecular complexity index is 265. The molecule has 1 N–H and O–H groups in total. The van der Waals surface area contributed by atoms with E-state index in [1.807, 2.05) is 18.2 Å². The zero-order valence-electron chi connectivity index (χ0n) is 11.9. The van der Waals surface area contributed by atoms with Gasteiger partial charge in [-0.1, -0.05) is 31.2 Å². The summed E-state index contributed by atoms with van der Waals surface area (Å²) in [6, 6.07) is 0. The molecule has 0 aromatic rings. The van der Waals surface area contributed by atoms with E-state index in [0.29, 0.717) is 0 Å². The van der Waals surface area contributed by atoms with Gasteiger partial charge in [0.1, 0.15) is 6.79 Å². The highest BCUT2D eigenvalue weighted by atomic mass is 16.7. The van der Waals surface area contributed by atoms with Gasteiger partial charge in [0.15, 0.2) is 0 Å². The van der Waals surface area contributed by atoms with E-state index >= 15 is 0 Å². The quantitative estimate of drug-likeness (QED) is 0.514. The van der Waals surface area contributed by atoms with Gasteiger partial charge in [0.2, 0.25) is 0 Å². The molecule has 0 saturated heterocycles. The van der Waals surface area contributed by atoms with E-state index in [4.69, 9.17) is 19.1 Å². The maximum absolute atomic E-state index is 9.21. The van der Waals surface area contributed by atoms with Crippen LogP contribution in [0, 0.1) is 0 Å². The summed E-state index contributed by atoms with van der Waals surface area (Å²) in [5, 5.41) is 9.21. The summed E-state index contributed by atoms with van der Waals surface area (Å²) in [6.45, 7) is 4.16. The van der Waals surface area contributed by atoms with Gasteiger partial charge < -0.3 is 14.6 Å². The first-order chi connectivity index (χ1) is 9.12. The van der Waals surface area contributed by atoms with E-state index in [1.165, 1.54) is 0 Å². The first-order valence-corrected chi connectivity index (χ1v) is 6.23. The van der Waals surface area contributed by atoms with Crippen molar-refractivity contribution in [3.8, 4) is 0 Å². The number of ether oxygens (including phenoxy) is 2. The zero-order chi connectivity index (χ0) is 14.9. The third kappa shape index (κ3) is 19.3. The van der Waals surface area contributed by atoms with Gasteiger partial charge in [-0.05, 0) is 26.2 Å². The lowest BCUT2D eigenvalue weighted by molar-refractivity contribution is -0.191. The molecule has 5 heteroatoms. The molecule has 2 atom stereocenters. The lowest BCUT2D eigenvalue weighted by atomic mass is 10.1. The van der Waals surface area contributed by atoms with Crippen LogP contribution in [-0.2, 0) is 19.1 Å². The van der Waals surface area contributed by atoms with E-state index in [0.717, 1.165) is 19.3 Å². The second-order valence-corrected chi connectivity index (χ2v) is 3.84. The van der Waals surface area contributed by atoms with E-state index in [-0.39, 0.29) is 25.2 Å². The molecule has 0 aliphatic heterocycles. The maximum atomic E-state index is 9.21. The third-order valence-electron chi connectivity index (χ3n) is 2.08. The second kappa shape index (κ2) is 16.7. The summed E-state index contributed by atoms with van der Waals surface area (Å²) in [6.07, 6.45) is 10.6. The zero-order valence-corrected chi connectivity index (χ0v) is 11.9. The molecular formula is C14H24O5. The van der Waals surface area contributed by atoms with Crippen molar-refractivity contribution in [1.82, 2.24) is 0 Å². The number of carbonyl (C=O) groups excluding carboxylic acids is 2. The van der Waals surface area contributed by atoms with Crippen molar-refractivity contribution in [3.05, 3.63) is 24.3 Å². The molecule has 0 radical (unpaired) electrons. The number of hydrogen-bond acceptors (Lipinski definition) is 5. The minimum Gasteiger partial charge on any atom is -0.393 e. The molecule has 5 nitrogen and oxygen atoms in total. The smallest absolute Gasteiger partial charge is 0.373 e. The summed E-state index contributed by atoms with van der Waals surface area (Å²) < 4.78 is 10.3. The van der Waals surface area contributed by atoms with Crippen LogP contribution in [0.1, 0.15) is 33.1 Å². The monoisotopic (exact) mass is 272 g/mol. The maximum Gasteiger partial charge on any atom is 0.373 e. The van der Waals surface area contributed by atoms with Crippen LogP contribution in [0.25, 0.3) is 0 Å². The van der Waals surface area contributed by atoms with Crippen molar-refractivity contribution in [2.24, 2.45) is 0 Å². The van der Waals surface area contributed by atoms with Crippen LogP contribution >= 0.6 is 0 Å². The highest BCUT2D eigenvalue weighted by Gasteiger charge is 2.06. The Labute approximate surface area is 114 Å². The van der Waals surface area contributed by atoms with Crippen molar-refractivity contribution in [1.29, 1.82) is 0 Å². The first-order valence-electron chi connectivity index (χ1n) is 6.23. The molecule has 0 bridgehead atoms. The van der Waals surface area contributed by atoms with Gasteiger partial charge in [0, 0.05) is 7.11 Å². The van der Waals surface area contributed by atoms with Crippen LogP contribution in [0.4, 0.5) is 0 Å². The molecule has 0 spiro atoms. The fraction of sp³-hybridized carbons (Fsp3) is 0.643. The molecule has 0 fully saturated rings. The Kier molecular flexibility index (Phi) is 17.7. The molecule has 0 aromatic carbocycles. The first kappa shape index (κ1) is 20.1. The number of rotatable bonds is 9. The van der Waals surface area contributed by atoms with Crippen LogP contribution in [0.2, 0.25) is 0 Å².